The van der Waals surface area contributed by atoms with E-state index in [1.807, 2.05) is 42.3 Å². The third-order valence-corrected chi connectivity index (χ3v) is 6.70. The fraction of sp³-hybridized carbons (Fsp3) is 0.480. The molecule has 3 unspecified atom stereocenters. The van der Waals surface area contributed by atoms with Crippen molar-refractivity contribution in [2.75, 3.05) is 26.7 Å². The summed E-state index contributed by atoms with van der Waals surface area (Å²) in [5.74, 6) is 1.55. The first-order valence-electron chi connectivity index (χ1n) is 10.8. The Labute approximate surface area is 169 Å². The summed E-state index contributed by atoms with van der Waals surface area (Å²) in [7, 11) is 1.98. The molecule has 1 saturated carbocycles. The monoisotopic (exact) mass is 376 g/mol. The maximum atomic E-state index is 12.7. The van der Waals surface area contributed by atoms with Crippen LogP contribution >= 0.6 is 0 Å². The topological polar surface area (TPSA) is 23.6 Å². The first kappa shape index (κ1) is 19.2. The molecule has 148 valence electrons. The van der Waals surface area contributed by atoms with E-state index >= 15 is 0 Å². The SMILES string of the molecule is CN(C(=O)c1ccccc1)C1CCC(CN2CCCC(c3ccccc3)C2)C1. The van der Waals surface area contributed by atoms with Crippen molar-refractivity contribution in [3.05, 3.63) is 71.8 Å². The smallest absolute Gasteiger partial charge is 0.253 e. The molecule has 3 heteroatoms. The minimum Gasteiger partial charge on any atom is -0.339 e. The Morgan fingerprint density at radius 3 is 2.46 bits per heavy atom. The lowest BCUT2D eigenvalue weighted by atomic mass is 9.90. The van der Waals surface area contributed by atoms with Gasteiger partial charge in [0, 0.05) is 31.7 Å². The van der Waals surface area contributed by atoms with Gasteiger partial charge in [-0.3, -0.25) is 4.79 Å². The molecule has 1 amide bonds. The summed E-state index contributed by atoms with van der Waals surface area (Å²) >= 11 is 0. The van der Waals surface area contributed by atoms with E-state index in [2.05, 4.69) is 35.2 Å². The van der Waals surface area contributed by atoms with Crippen LogP contribution in [0.2, 0.25) is 0 Å². The van der Waals surface area contributed by atoms with Crippen molar-refractivity contribution in [1.82, 2.24) is 9.80 Å². The maximum Gasteiger partial charge on any atom is 0.253 e. The minimum absolute atomic E-state index is 0.161. The van der Waals surface area contributed by atoms with Crippen LogP contribution in [0.25, 0.3) is 0 Å². The molecule has 0 bridgehead atoms. The molecule has 2 fully saturated rings. The van der Waals surface area contributed by atoms with Crippen LogP contribution in [0.1, 0.15) is 53.9 Å². The summed E-state index contributed by atoms with van der Waals surface area (Å²) in [6.45, 7) is 3.60. The molecule has 3 atom stereocenters. The molecule has 28 heavy (non-hydrogen) atoms. The number of amides is 1. The number of nitrogens with zero attached hydrogens (tertiary/aromatic N) is 2. The molecule has 2 aromatic carbocycles. The van der Waals surface area contributed by atoms with E-state index in [-0.39, 0.29) is 5.91 Å². The van der Waals surface area contributed by atoms with E-state index in [1.165, 1.54) is 44.5 Å². The van der Waals surface area contributed by atoms with Crippen molar-refractivity contribution in [3.63, 3.8) is 0 Å². The van der Waals surface area contributed by atoms with Crippen LogP contribution in [0, 0.1) is 5.92 Å². The van der Waals surface area contributed by atoms with Crippen LogP contribution in [-0.4, -0.2) is 48.4 Å². The Kier molecular flexibility index (Phi) is 6.11. The molecule has 1 heterocycles. The molecule has 0 spiro atoms. The standard InChI is InChI=1S/C25H32N2O/c1-26(25(28)22-11-6-3-7-12-22)24-15-14-20(17-24)18-27-16-8-13-23(19-27)21-9-4-2-5-10-21/h2-7,9-12,20,23-24H,8,13-19H2,1H3. The van der Waals surface area contributed by atoms with E-state index in [0.717, 1.165) is 18.4 Å². The van der Waals surface area contributed by atoms with Gasteiger partial charge in [-0.15, -0.1) is 0 Å². The number of likely N-dealkylation sites (tertiary alicyclic amines) is 1. The Hall–Kier alpha value is -2.13. The lowest BCUT2D eigenvalue weighted by Gasteiger charge is -2.34. The molecule has 1 aliphatic heterocycles. The number of hydrogen-bond donors (Lipinski definition) is 0. The van der Waals surface area contributed by atoms with Gasteiger partial charge in [0.1, 0.15) is 0 Å². The van der Waals surface area contributed by atoms with E-state index < -0.39 is 0 Å². The summed E-state index contributed by atoms with van der Waals surface area (Å²) < 4.78 is 0. The zero-order valence-electron chi connectivity index (χ0n) is 17.0. The molecule has 0 radical (unpaired) electrons. The van der Waals surface area contributed by atoms with Gasteiger partial charge in [0.25, 0.3) is 5.91 Å². The summed E-state index contributed by atoms with van der Waals surface area (Å²) in [6, 6.07) is 21.1. The third-order valence-electron chi connectivity index (χ3n) is 6.70. The van der Waals surface area contributed by atoms with Crippen molar-refractivity contribution in [3.8, 4) is 0 Å². The van der Waals surface area contributed by atoms with Crippen LogP contribution in [0.15, 0.2) is 60.7 Å². The third kappa shape index (κ3) is 4.47. The second kappa shape index (κ2) is 8.91. The van der Waals surface area contributed by atoms with Crippen LogP contribution in [0.5, 0.6) is 0 Å². The molecular formula is C25H32N2O. The number of rotatable bonds is 5. The Balaban J connectivity index is 1.30. The molecule has 2 aliphatic rings. The fourth-order valence-electron chi connectivity index (χ4n) is 5.10. The van der Waals surface area contributed by atoms with Crippen molar-refractivity contribution in [1.29, 1.82) is 0 Å². The Bertz CT molecular complexity index is 761. The molecule has 0 aromatic heterocycles. The predicted octanol–water partition coefficient (Wildman–Crippen LogP) is 4.81. The Morgan fingerprint density at radius 2 is 1.71 bits per heavy atom. The average Bonchev–Trinajstić information content (AvgIpc) is 3.22. The van der Waals surface area contributed by atoms with Crippen molar-refractivity contribution < 1.29 is 4.79 Å². The summed E-state index contributed by atoms with van der Waals surface area (Å²) in [6.07, 6.45) is 6.12. The highest BCUT2D eigenvalue weighted by molar-refractivity contribution is 5.94. The highest BCUT2D eigenvalue weighted by Crippen LogP contribution is 2.33. The number of piperidine rings is 1. The first-order chi connectivity index (χ1) is 13.7. The highest BCUT2D eigenvalue weighted by atomic mass is 16.2. The molecule has 1 aliphatic carbocycles. The first-order valence-corrected chi connectivity index (χ1v) is 10.8. The summed E-state index contributed by atoms with van der Waals surface area (Å²) in [5, 5.41) is 0. The van der Waals surface area contributed by atoms with Gasteiger partial charge in [0.15, 0.2) is 0 Å². The average molecular weight is 377 g/mol. The molecular weight excluding hydrogens is 344 g/mol. The largest absolute Gasteiger partial charge is 0.339 e. The van der Waals surface area contributed by atoms with Crippen molar-refractivity contribution in [2.45, 2.75) is 44.1 Å². The van der Waals surface area contributed by atoms with Crippen LogP contribution in [0.3, 0.4) is 0 Å². The van der Waals surface area contributed by atoms with Gasteiger partial charge in [-0.1, -0.05) is 48.5 Å². The molecule has 4 rings (SSSR count). The fourth-order valence-corrected chi connectivity index (χ4v) is 5.10. The number of benzene rings is 2. The van der Waals surface area contributed by atoms with Crippen LogP contribution in [-0.2, 0) is 0 Å². The van der Waals surface area contributed by atoms with Gasteiger partial charge in [0.05, 0.1) is 0 Å². The van der Waals surface area contributed by atoms with Gasteiger partial charge in [-0.2, -0.15) is 0 Å². The van der Waals surface area contributed by atoms with Gasteiger partial charge in [-0.25, -0.2) is 0 Å². The number of carbonyl (C=O) groups excluding carboxylic acids is 1. The summed E-state index contributed by atoms with van der Waals surface area (Å²) in [4.78, 5) is 17.4. The normalized spacial score (nSPS) is 25.5. The molecule has 2 aromatic rings. The molecule has 0 N–H and O–H groups in total. The van der Waals surface area contributed by atoms with Gasteiger partial charge < -0.3 is 9.80 Å². The molecule has 1 saturated heterocycles. The second-order valence-corrected chi connectivity index (χ2v) is 8.62. The predicted molar refractivity (Wildman–Crippen MR) is 115 cm³/mol. The van der Waals surface area contributed by atoms with Crippen molar-refractivity contribution >= 4 is 5.91 Å². The van der Waals surface area contributed by atoms with E-state index in [0.29, 0.717) is 17.9 Å². The second-order valence-electron chi connectivity index (χ2n) is 8.62. The zero-order chi connectivity index (χ0) is 19.3. The lowest BCUT2D eigenvalue weighted by Crippen LogP contribution is -2.38. The zero-order valence-corrected chi connectivity index (χ0v) is 17.0. The van der Waals surface area contributed by atoms with E-state index in [1.54, 1.807) is 0 Å². The van der Waals surface area contributed by atoms with Gasteiger partial charge in [0.2, 0.25) is 0 Å². The van der Waals surface area contributed by atoms with Gasteiger partial charge >= 0.3 is 0 Å². The quantitative estimate of drug-likeness (QED) is 0.748. The summed E-state index contributed by atoms with van der Waals surface area (Å²) in [5.41, 5.74) is 2.29. The van der Waals surface area contributed by atoms with Gasteiger partial charge in [-0.05, 0) is 68.2 Å². The lowest BCUT2D eigenvalue weighted by molar-refractivity contribution is 0.0729. The van der Waals surface area contributed by atoms with E-state index in [9.17, 15) is 4.79 Å². The number of hydrogen-bond acceptors (Lipinski definition) is 2. The maximum absolute atomic E-state index is 12.7. The Morgan fingerprint density at radius 1 is 1.00 bits per heavy atom. The van der Waals surface area contributed by atoms with Crippen LogP contribution in [0.4, 0.5) is 0 Å². The minimum atomic E-state index is 0.161. The highest BCUT2D eigenvalue weighted by Gasteiger charge is 2.32. The molecule has 3 nitrogen and oxygen atoms in total. The van der Waals surface area contributed by atoms with E-state index in [4.69, 9.17) is 0 Å². The number of carbonyl (C=O) groups is 1. The van der Waals surface area contributed by atoms with Crippen LogP contribution < -0.4 is 0 Å². The van der Waals surface area contributed by atoms with Crippen molar-refractivity contribution in [2.24, 2.45) is 5.92 Å².